The molecular weight excluding hydrogens is 202 g/mol. The summed E-state index contributed by atoms with van der Waals surface area (Å²) in [5, 5.41) is 0.976. The van der Waals surface area contributed by atoms with Crippen LogP contribution in [0.3, 0.4) is 0 Å². The van der Waals surface area contributed by atoms with E-state index in [0.29, 0.717) is 12.1 Å². The number of carbonyl (C=O) groups excluding carboxylic acids is 2. The number of Topliss-reactive ketones (excluding diaryl/α,β-unsaturated/α-hetero) is 2. The molecule has 1 aromatic heterocycles. The van der Waals surface area contributed by atoms with Gasteiger partial charge in [-0.2, -0.15) is 0 Å². The highest BCUT2D eigenvalue weighted by Gasteiger charge is 2.24. The minimum absolute atomic E-state index is 0.00165. The molecule has 16 heavy (non-hydrogen) atoms. The van der Waals surface area contributed by atoms with Gasteiger partial charge in [0, 0.05) is 11.8 Å². The van der Waals surface area contributed by atoms with E-state index in [2.05, 4.69) is 4.98 Å². The van der Waals surface area contributed by atoms with Gasteiger partial charge in [-0.15, -0.1) is 0 Å². The second-order valence-electron chi connectivity index (χ2n) is 4.00. The Morgan fingerprint density at radius 1 is 1.06 bits per heavy atom. The third-order valence-corrected chi connectivity index (χ3v) is 2.81. The first-order chi connectivity index (χ1) is 7.74. The number of hydrogen-bond donors (Lipinski definition) is 0. The predicted octanol–water partition coefficient (Wildman–Crippen LogP) is 1.93. The van der Waals surface area contributed by atoms with Crippen molar-refractivity contribution in [2.24, 2.45) is 0 Å². The molecule has 1 aliphatic carbocycles. The second kappa shape index (κ2) is 3.23. The Balaban J connectivity index is 2.30. The number of hydrogen-bond acceptors (Lipinski definition) is 3. The summed E-state index contributed by atoms with van der Waals surface area (Å²) in [7, 11) is 0. The second-order valence-corrected chi connectivity index (χ2v) is 4.00. The molecule has 0 bridgehead atoms. The predicted molar refractivity (Wildman–Crippen MR) is 59.4 cm³/mol. The number of para-hydroxylation sites is 1. The number of nitrogens with zero attached hydrogens (tertiary/aromatic N) is 1. The molecule has 0 fully saturated rings. The van der Waals surface area contributed by atoms with Gasteiger partial charge in [0.1, 0.15) is 11.5 Å². The summed E-state index contributed by atoms with van der Waals surface area (Å²) in [5.41, 5.74) is 2.04. The molecule has 0 N–H and O–H groups in total. The molecule has 1 aliphatic rings. The first kappa shape index (κ1) is 9.21. The van der Waals surface area contributed by atoms with Crippen molar-refractivity contribution in [1.82, 2.24) is 4.98 Å². The van der Waals surface area contributed by atoms with Crippen LogP contribution in [0.1, 0.15) is 22.5 Å². The summed E-state index contributed by atoms with van der Waals surface area (Å²) >= 11 is 0. The van der Waals surface area contributed by atoms with Crippen LogP contribution in [0.4, 0.5) is 0 Å². The fraction of sp³-hybridized carbons (Fsp3) is 0.154. The van der Waals surface area contributed by atoms with Crippen LogP contribution >= 0.6 is 0 Å². The number of aromatic nitrogens is 1. The Labute approximate surface area is 92.1 Å². The molecule has 0 atom stereocenters. The maximum absolute atomic E-state index is 11.7. The van der Waals surface area contributed by atoms with Gasteiger partial charge in [-0.3, -0.25) is 9.59 Å². The molecule has 2 aromatic rings. The Bertz CT molecular complexity index is 616. The average molecular weight is 211 g/mol. The van der Waals surface area contributed by atoms with Crippen LogP contribution in [-0.2, 0) is 11.2 Å². The molecule has 0 saturated heterocycles. The van der Waals surface area contributed by atoms with E-state index < -0.39 is 0 Å². The first-order valence-corrected chi connectivity index (χ1v) is 5.17. The lowest BCUT2D eigenvalue weighted by molar-refractivity contribution is -0.117. The van der Waals surface area contributed by atoms with Crippen LogP contribution in [0, 0.1) is 0 Å². The number of rotatable bonds is 0. The van der Waals surface area contributed by atoms with Gasteiger partial charge in [0.2, 0.25) is 0 Å². The lowest BCUT2D eigenvalue weighted by Crippen LogP contribution is -2.21. The molecule has 0 spiro atoms. The highest BCUT2D eigenvalue weighted by Crippen LogP contribution is 2.22. The number of carbonyl (C=O) groups is 2. The maximum Gasteiger partial charge on any atom is 0.188 e. The van der Waals surface area contributed by atoms with Gasteiger partial charge >= 0.3 is 0 Å². The van der Waals surface area contributed by atoms with Crippen molar-refractivity contribution in [3.63, 3.8) is 0 Å². The Morgan fingerprint density at radius 3 is 2.75 bits per heavy atom. The van der Waals surface area contributed by atoms with E-state index in [0.717, 1.165) is 16.5 Å². The van der Waals surface area contributed by atoms with Gasteiger partial charge in [0.25, 0.3) is 0 Å². The zero-order chi connectivity index (χ0) is 11.1. The van der Waals surface area contributed by atoms with Gasteiger partial charge in [0.05, 0.1) is 11.9 Å². The van der Waals surface area contributed by atoms with Crippen molar-refractivity contribution in [3.8, 4) is 0 Å². The van der Waals surface area contributed by atoms with E-state index in [-0.39, 0.29) is 18.0 Å². The number of ketones is 2. The zero-order valence-electron chi connectivity index (χ0n) is 8.56. The van der Waals surface area contributed by atoms with Gasteiger partial charge in [-0.05, 0) is 17.7 Å². The minimum atomic E-state index is -0.156. The van der Waals surface area contributed by atoms with Crippen LogP contribution < -0.4 is 0 Å². The number of fused-ring (bicyclic) bond motifs is 2. The molecule has 0 saturated carbocycles. The van der Waals surface area contributed by atoms with Gasteiger partial charge in [-0.25, -0.2) is 4.98 Å². The zero-order valence-corrected chi connectivity index (χ0v) is 8.56. The number of benzene rings is 1. The van der Waals surface area contributed by atoms with Gasteiger partial charge in [0.15, 0.2) is 5.78 Å². The summed E-state index contributed by atoms with van der Waals surface area (Å²) in [6.45, 7) is 0. The SMILES string of the molecule is O=C1CC(=O)c2nc3ccccc3cc2C1. The van der Waals surface area contributed by atoms with Crippen molar-refractivity contribution in [1.29, 1.82) is 0 Å². The topological polar surface area (TPSA) is 47.0 Å². The molecule has 0 radical (unpaired) electrons. The van der Waals surface area contributed by atoms with Crippen molar-refractivity contribution in [2.75, 3.05) is 0 Å². The molecule has 0 aliphatic heterocycles. The molecule has 0 amide bonds. The molecule has 3 nitrogen and oxygen atoms in total. The Morgan fingerprint density at radius 2 is 1.88 bits per heavy atom. The van der Waals surface area contributed by atoms with Gasteiger partial charge < -0.3 is 0 Å². The van der Waals surface area contributed by atoms with E-state index in [1.54, 1.807) is 0 Å². The van der Waals surface area contributed by atoms with Gasteiger partial charge in [-0.1, -0.05) is 18.2 Å². The molecule has 1 heterocycles. The smallest absolute Gasteiger partial charge is 0.188 e. The Kier molecular flexibility index (Phi) is 1.86. The molecule has 3 heteroatoms. The molecular formula is C13H9NO2. The maximum atomic E-state index is 11.7. The highest BCUT2D eigenvalue weighted by atomic mass is 16.1. The van der Waals surface area contributed by atoms with Crippen molar-refractivity contribution < 1.29 is 9.59 Å². The van der Waals surface area contributed by atoms with Crippen molar-refractivity contribution in [2.45, 2.75) is 12.8 Å². The van der Waals surface area contributed by atoms with E-state index in [4.69, 9.17) is 0 Å². The molecule has 0 unspecified atom stereocenters. The largest absolute Gasteiger partial charge is 0.299 e. The van der Waals surface area contributed by atoms with Crippen molar-refractivity contribution >= 4 is 22.5 Å². The van der Waals surface area contributed by atoms with Crippen molar-refractivity contribution in [3.05, 3.63) is 41.6 Å². The van der Waals surface area contributed by atoms with Crippen LogP contribution in [0.5, 0.6) is 0 Å². The quantitative estimate of drug-likeness (QED) is 0.625. The summed E-state index contributed by atoms with van der Waals surface area (Å²) < 4.78 is 0. The van der Waals surface area contributed by atoms with Crippen LogP contribution in [0.2, 0.25) is 0 Å². The third kappa shape index (κ3) is 1.33. The minimum Gasteiger partial charge on any atom is -0.299 e. The standard InChI is InChI=1S/C13H9NO2/c15-10-6-9-5-8-3-1-2-4-11(8)14-13(9)12(16)7-10/h1-5H,6-7H2. The highest BCUT2D eigenvalue weighted by molar-refractivity contribution is 6.12. The summed E-state index contributed by atoms with van der Waals surface area (Å²) in [5.74, 6) is -0.174. The lowest BCUT2D eigenvalue weighted by Gasteiger charge is -2.13. The van der Waals surface area contributed by atoms with E-state index >= 15 is 0 Å². The van der Waals surface area contributed by atoms with E-state index in [9.17, 15) is 9.59 Å². The molecule has 1 aromatic carbocycles. The summed E-state index contributed by atoms with van der Waals surface area (Å²) in [6.07, 6.45) is 0.331. The average Bonchev–Trinajstić information content (AvgIpc) is 2.27. The van der Waals surface area contributed by atoms with Crippen LogP contribution in [0.25, 0.3) is 10.9 Å². The molecule has 3 rings (SSSR count). The third-order valence-electron chi connectivity index (χ3n) is 2.81. The van der Waals surface area contributed by atoms with E-state index in [1.165, 1.54) is 0 Å². The Hall–Kier alpha value is -2.03. The summed E-state index contributed by atoms with van der Waals surface area (Å²) in [6, 6.07) is 9.52. The van der Waals surface area contributed by atoms with E-state index in [1.807, 2.05) is 30.3 Å². The monoisotopic (exact) mass is 211 g/mol. The normalized spacial score (nSPS) is 15.2. The lowest BCUT2D eigenvalue weighted by atomic mass is 9.93. The van der Waals surface area contributed by atoms with Crippen LogP contribution in [-0.4, -0.2) is 16.6 Å². The fourth-order valence-electron chi connectivity index (χ4n) is 2.07. The molecule has 78 valence electrons. The first-order valence-electron chi connectivity index (χ1n) is 5.17. The number of pyridine rings is 1. The summed E-state index contributed by atoms with van der Waals surface area (Å²) in [4.78, 5) is 27.3. The van der Waals surface area contributed by atoms with Crippen LogP contribution in [0.15, 0.2) is 30.3 Å². The fourth-order valence-corrected chi connectivity index (χ4v) is 2.07.